The zero-order chi connectivity index (χ0) is 10.1. The van der Waals surface area contributed by atoms with E-state index in [1.54, 1.807) is 12.1 Å². The molecule has 0 fully saturated rings. The Labute approximate surface area is 84.5 Å². The fourth-order valence-electron chi connectivity index (χ4n) is 2.06. The molecule has 0 amide bonds. The number of hydrogen-bond acceptors (Lipinski definition) is 1. The van der Waals surface area contributed by atoms with Crippen LogP contribution in [-0.2, 0) is 6.42 Å². The summed E-state index contributed by atoms with van der Waals surface area (Å²) in [5, 5.41) is 0. The van der Waals surface area contributed by atoms with Gasteiger partial charge in [-0.2, -0.15) is 0 Å². The minimum atomic E-state index is -0.126. The van der Waals surface area contributed by atoms with Crippen LogP contribution in [0.2, 0.25) is 0 Å². The molecule has 0 aliphatic carbocycles. The van der Waals surface area contributed by atoms with Crippen LogP contribution in [0.1, 0.15) is 25.8 Å². The zero-order valence-corrected chi connectivity index (χ0v) is 8.76. The van der Waals surface area contributed by atoms with Gasteiger partial charge in [-0.1, -0.05) is 13.0 Å². The Balaban J connectivity index is 2.33. The topological polar surface area (TPSA) is 3.24 Å². The van der Waals surface area contributed by atoms with Crippen molar-refractivity contribution >= 4 is 5.69 Å². The SMILES string of the molecule is CCC(C)N1CCc2ccc(F)cc21. The lowest BCUT2D eigenvalue weighted by molar-refractivity contribution is 0.618. The molecule has 0 bridgehead atoms. The highest BCUT2D eigenvalue weighted by Crippen LogP contribution is 2.30. The molecule has 76 valence electrons. The Hall–Kier alpha value is -1.05. The molecule has 2 heteroatoms. The van der Waals surface area contributed by atoms with Crippen molar-refractivity contribution in [2.45, 2.75) is 32.7 Å². The van der Waals surface area contributed by atoms with Crippen LogP contribution in [0.4, 0.5) is 10.1 Å². The predicted octanol–water partition coefficient (Wildman–Crippen LogP) is 2.99. The van der Waals surface area contributed by atoms with Gasteiger partial charge in [-0.15, -0.1) is 0 Å². The smallest absolute Gasteiger partial charge is 0.125 e. The van der Waals surface area contributed by atoms with Crippen LogP contribution in [0, 0.1) is 5.82 Å². The molecule has 0 N–H and O–H groups in total. The molecule has 0 saturated heterocycles. The van der Waals surface area contributed by atoms with E-state index in [0.29, 0.717) is 6.04 Å². The van der Waals surface area contributed by atoms with Gasteiger partial charge in [0.1, 0.15) is 5.82 Å². The highest BCUT2D eigenvalue weighted by molar-refractivity contribution is 5.58. The molecule has 0 spiro atoms. The molecule has 0 radical (unpaired) electrons. The van der Waals surface area contributed by atoms with E-state index in [1.807, 2.05) is 6.07 Å². The summed E-state index contributed by atoms with van der Waals surface area (Å²) in [7, 11) is 0. The third kappa shape index (κ3) is 1.49. The molecular weight excluding hydrogens is 177 g/mol. The van der Waals surface area contributed by atoms with E-state index in [2.05, 4.69) is 18.7 Å². The fourth-order valence-corrected chi connectivity index (χ4v) is 2.06. The summed E-state index contributed by atoms with van der Waals surface area (Å²) in [5.74, 6) is -0.126. The summed E-state index contributed by atoms with van der Waals surface area (Å²) < 4.78 is 13.1. The second-order valence-electron chi connectivity index (χ2n) is 3.97. The first-order valence-electron chi connectivity index (χ1n) is 5.27. The molecule has 1 aromatic rings. The maximum atomic E-state index is 13.1. The number of benzene rings is 1. The van der Waals surface area contributed by atoms with Gasteiger partial charge in [-0.05, 0) is 37.5 Å². The lowest BCUT2D eigenvalue weighted by Gasteiger charge is -2.26. The maximum absolute atomic E-state index is 13.1. The summed E-state index contributed by atoms with van der Waals surface area (Å²) in [6, 6.07) is 5.64. The normalized spacial score (nSPS) is 16.9. The standard InChI is InChI=1S/C12H16FN/c1-3-9(2)14-7-6-10-4-5-11(13)8-12(10)14/h4-5,8-9H,3,6-7H2,1-2H3. The van der Waals surface area contributed by atoms with Gasteiger partial charge in [0.25, 0.3) is 0 Å². The average Bonchev–Trinajstić information content (AvgIpc) is 2.59. The van der Waals surface area contributed by atoms with Gasteiger partial charge in [0.05, 0.1) is 0 Å². The zero-order valence-electron chi connectivity index (χ0n) is 8.76. The number of rotatable bonds is 2. The van der Waals surface area contributed by atoms with Crippen molar-refractivity contribution in [3.05, 3.63) is 29.6 Å². The summed E-state index contributed by atoms with van der Waals surface area (Å²) in [5.41, 5.74) is 2.38. The summed E-state index contributed by atoms with van der Waals surface area (Å²) in [6.45, 7) is 5.40. The molecule has 14 heavy (non-hydrogen) atoms. The second kappa shape index (κ2) is 3.60. The van der Waals surface area contributed by atoms with E-state index in [0.717, 1.165) is 25.1 Å². The van der Waals surface area contributed by atoms with Gasteiger partial charge in [0.2, 0.25) is 0 Å². The number of nitrogens with zero attached hydrogens (tertiary/aromatic N) is 1. The van der Waals surface area contributed by atoms with Crippen LogP contribution >= 0.6 is 0 Å². The van der Waals surface area contributed by atoms with Gasteiger partial charge in [0, 0.05) is 18.3 Å². The molecule has 1 nitrogen and oxygen atoms in total. The number of fused-ring (bicyclic) bond motifs is 1. The summed E-state index contributed by atoms with van der Waals surface area (Å²) in [4.78, 5) is 2.30. The Morgan fingerprint density at radius 1 is 1.50 bits per heavy atom. The number of anilines is 1. The molecule has 1 aromatic carbocycles. The maximum Gasteiger partial charge on any atom is 0.125 e. The van der Waals surface area contributed by atoms with Crippen LogP contribution < -0.4 is 4.90 Å². The Bertz CT molecular complexity index is 335. The van der Waals surface area contributed by atoms with Crippen molar-refractivity contribution in [2.24, 2.45) is 0 Å². The van der Waals surface area contributed by atoms with Crippen LogP contribution in [0.5, 0.6) is 0 Å². The highest BCUT2D eigenvalue weighted by atomic mass is 19.1. The average molecular weight is 193 g/mol. The van der Waals surface area contributed by atoms with Crippen LogP contribution in [0.15, 0.2) is 18.2 Å². The molecule has 0 aromatic heterocycles. The largest absolute Gasteiger partial charge is 0.368 e. The van der Waals surface area contributed by atoms with E-state index in [-0.39, 0.29) is 5.82 Å². The van der Waals surface area contributed by atoms with E-state index in [4.69, 9.17) is 0 Å². The third-order valence-electron chi connectivity index (χ3n) is 3.10. The molecule has 1 aliphatic heterocycles. The van der Waals surface area contributed by atoms with E-state index in [1.165, 1.54) is 5.56 Å². The predicted molar refractivity (Wildman–Crippen MR) is 57.2 cm³/mol. The highest BCUT2D eigenvalue weighted by Gasteiger charge is 2.22. The van der Waals surface area contributed by atoms with E-state index in [9.17, 15) is 4.39 Å². The van der Waals surface area contributed by atoms with Crippen molar-refractivity contribution in [3.63, 3.8) is 0 Å². The Kier molecular flexibility index (Phi) is 2.44. The van der Waals surface area contributed by atoms with Crippen molar-refractivity contribution in [1.82, 2.24) is 0 Å². The molecule has 1 heterocycles. The van der Waals surface area contributed by atoms with E-state index < -0.39 is 0 Å². The number of halogens is 1. The van der Waals surface area contributed by atoms with Crippen molar-refractivity contribution in [1.29, 1.82) is 0 Å². The first kappa shape index (κ1) is 9.50. The minimum absolute atomic E-state index is 0.126. The van der Waals surface area contributed by atoms with Gasteiger partial charge in [-0.25, -0.2) is 4.39 Å². The first-order chi connectivity index (χ1) is 6.72. The molecule has 1 aliphatic rings. The minimum Gasteiger partial charge on any atom is -0.368 e. The Morgan fingerprint density at radius 3 is 3.00 bits per heavy atom. The van der Waals surface area contributed by atoms with Crippen LogP contribution in [0.3, 0.4) is 0 Å². The Morgan fingerprint density at radius 2 is 2.29 bits per heavy atom. The lowest BCUT2D eigenvalue weighted by atomic mass is 10.1. The molecule has 1 unspecified atom stereocenters. The van der Waals surface area contributed by atoms with Crippen LogP contribution in [-0.4, -0.2) is 12.6 Å². The van der Waals surface area contributed by atoms with E-state index >= 15 is 0 Å². The van der Waals surface area contributed by atoms with Gasteiger partial charge < -0.3 is 4.90 Å². The van der Waals surface area contributed by atoms with Crippen molar-refractivity contribution in [2.75, 3.05) is 11.4 Å². The van der Waals surface area contributed by atoms with Gasteiger partial charge in [0.15, 0.2) is 0 Å². The summed E-state index contributed by atoms with van der Waals surface area (Å²) >= 11 is 0. The van der Waals surface area contributed by atoms with Crippen LogP contribution in [0.25, 0.3) is 0 Å². The third-order valence-corrected chi connectivity index (χ3v) is 3.10. The summed E-state index contributed by atoms with van der Waals surface area (Å²) in [6.07, 6.45) is 2.16. The van der Waals surface area contributed by atoms with Gasteiger partial charge >= 0.3 is 0 Å². The molecule has 2 rings (SSSR count). The van der Waals surface area contributed by atoms with Gasteiger partial charge in [-0.3, -0.25) is 0 Å². The lowest BCUT2D eigenvalue weighted by Crippen LogP contribution is -2.30. The molecular formula is C12H16FN. The molecule has 0 saturated carbocycles. The fraction of sp³-hybridized carbons (Fsp3) is 0.500. The van der Waals surface area contributed by atoms with Crippen molar-refractivity contribution in [3.8, 4) is 0 Å². The monoisotopic (exact) mass is 193 g/mol. The first-order valence-corrected chi connectivity index (χ1v) is 5.27. The second-order valence-corrected chi connectivity index (χ2v) is 3.97. The van der Waals surface area contributed by atoms with Crippen molar-refractivity contribution < 1.29 is 4.39 Å². The number of hydrogen-bond donors (Lipinski definition) is 0. The quantitative estimate of drug-likeness (QED) is 0.698. The molecule has 1 atom stereocenters.